The summed E-state index contributed by atoms with van der Waals surface area (Å²) >= 11 is 0. The Balaban J connectivity index is 1.90. The SMILES string of the molecule is CCC(NNC(=O)c1cccn1C)C(=O)Nc1cc(C)on1. The van der Waals surface area contributed by atoms with Gasteiger partial charge < -0.3 is 14.4 Å². The number of aryl methyl sites for hydroxylation is 2. The molecular weight excluding hydrogens is 286 g/mol. The molecule has 0 aliphatic heterocycles. The second kappa shape index (κ2) is 6.90. The van der Waals surface area contributed by atoms with Gasteiger partial charge >= 0.3 is 0 Å². The second-order valence-corrected chi connectivity index (χ2v) is 4.88. The molecule has 118 valence electrons. The molecule has 2 amide bonds. The minimum atomic E-state index is -0.582. The van der Waals surface area contributed by atoms with Gasteiger partial charge in [-0.15, -0.1) is 0 Å². The highest BCUT2D eigenvalue weighted by molar-refractivity contribution is 5.95. The summed E-state index contributed by atoms with van der Waals surface area (Å²) in [5.74, 6) is 0.337. The van der Waals surface area contributed by atoms with Gasteiger partial charge in [0.05, 0.1) is 0 Å². The number of hydrogen-bond donors (Lipinski definition) is 3. The average molecular weight is 305 g/mol. The van der Waals surface area contributed by atoms with Gasteiger partial charge in [-0.1, -0.05) is 12.1 Å². The third kappa shape index (κ3) is 3.73. The van der Waals surface area contributed by atoms with Gasteiger partial charge in [-0.25, -0.2) is 5.43 Å². The highest BCUT2D eigenvalue weighted by Gasteiger charge is 2.19. The lowest BCUT2D eigenvalue weighted by Crippen LogP contribution is -2.50. The van der Waals surface area contributed by atoms with Crippen LogP contribution in [-0.4, -0.2) is 27.6 Å². The lowest BCUT2D eigenvalue weighted by Gasteiger charge is -2.16. The summed E-state index contributed by atoms with van der Waals surface area (Å²) in [6.45, 7) is 3.57. The van der Waals surface area contributed by atoms with Crippen LogP contribution in [0.4, 0.5) is 5.82 Å². The Morgan fingerprint density at radius 3 is 2.77 bits per heavy atom. The van der Waals surface area contributed by atoms with Crippen LogP contribution in [0.25, 0.3) is 0 Å². The van der Waals surface area contributed by atoms with Gasteiger partial charge in [-0.2, -0.15) is 0 Å². The van der Waals surface area contributed by atoms with Crippen LogP contribution in [0.1, 0.15) is 29.6 Å². The predicted octanol–water partition coefficient (Wildman–Crippen LogP) is 0.973. The fraction of sp³-hybridized carbons (Fsp3) is 0.357. The fourth-order valence-corrected chi connectivity index (χ4v) is 1.91. The van der Waals surface area contributed by atoms with E-state index in [0.717, 1.165) is 0 Å². The van der Waals surface area contributed by atoms with Crippen LogP contribution in [0.15, 0.2) is 28.9 Å². The van der Waals surface area contributed by atoms with Crippen molar-refractivity contribution in [2.45, 2.75) is 26.3 Å². The van der Waals surface area contributed by atoms with E-state index in [2.05, 4.69) is 21.3 Å². The monoisotopic (exact) mass is 305 g/mol. The molecule has 2 rings (SSSR count). The highest BCUT2D eigenvalue weighted by Crippen LogP contribution is 2.08. The first-order valence-electron chi connectivity index (χ1n) is 6.92. The van der Waals surface area contributed by atoms with Crippen LogP contribution >= 0.6 is 0 Å². The molecular formula is C14H19N5O3. The van der Waals surface area contributed by atoms with Crippen molar-refractivity contribution in [2.24, 2.45) is 7.05 Å². The van der Waals surface area contributed by atoms with Crippen molar-refractivity contribution >= 4 is 17.6 Å². The van der Waals surface area contributed by atoms with Crippen LogP contribution in [-0.2, 0) is 11.8 Å². The fourth-order valence-electron chi connectivity index (χ4n) is 1.91. The molecule has 1 atom stereocenters. The molecule has 1 unspecified atom stereocenters. The van der Waals surface area contributed by atoms with Crippen LogP contribution in [0.5, 0.6) is 0 Å². The Kier molecular flexibility index (Phi) is 4.95. The first kappa shape index (κ1) is 15.8. The van der Waals surface area contributed by atoms with E-state index in [1.807, 2.05) is 6.92 Å². The van der Waals surface area contributed by atoms with Crippen LogP contribution in [0.2, 0.25) is 0 Å². The summed E-state index contributed by atoms with van der Waals surface area (Å²) in [4.78, 5) is 24.1. The molecule has 0 radical (unpaired) electrons. The van der Waals surface area contributed by atoms with Crippen molar-refractivity contribution in [1.29, 1.82) is 0 Å². The summed E-state index contributed by atoms with van der Waals surface area (Å²) in [6.07, 6.45) is 2.27. The van der Waals surface area contributed by atoms with Crippen LogP contribution in [0, 0.1) is 6.92 Å². The Bertz CT molecular complexity index is 661. The first-order chi connectivity index (χ1) is 10.5. The molecule has 0 aliphatic rings. The maximum Gasteiger partial charge on any atom is 0.281 e. The van der Waals surface area contributed by atoms with Gasteiger partial charge in [0.1, 0.15) is 17.5 Å². The topological polar surface area (TPSA) is 101 Å². The third-order valence-electron chi connectivity index (χ3n) is 3.14. The van der Waals surface area contributed by atoms with Gasteiger partial charge in [0, 0.05) is 19.3 Å². The number of carbonyl (C=O) groups is 2. The number of hydrogen-bond acceptors (Lipinski definition) is 5. The molecule has 8 heteroatoms. The van der Waals surface area contributed by atoms with E-state index in [1.54, 1.807) is 42.9 Å². The second-order valence-electron chi connectivity index (χ2n) is 4.88. The number of rotatable bonds is 6. The Morgan fingerprint density at radius 1 is 1.45 bits per heavy atom. The lowest BCUT2D eigenvalue weighted by atomic mass is 10.2. The molecule has 0 aromatic carbocycles. The minimum Gasteiger partial charge on any atom is -0.360 e. The summed E-state index contributed by atoms with van der Waals surface area (Å²) in [6, 6.07) is 4.50. The minimum absolute atomic E-state index is 0.303. The van der Waals surface area contributed by atoms with Crippen molar-refractivity contribution < 1.29 is 14.1 Å². The summed E-state index contributed by atoms with van der Waals surface area (Å²) in [5, 5.41) is 6.32. The zero-order valence-electron chi connectivity index (χ0n) is 12.7. The van der Waals surface area contributed by atoms with Crippen molar-refractivity contribution in [1.82, 2.24) is 20.6 Å². The number of nitrogens with zero attached hydrogens (tertiary/aromatic N) is 2. The van der Waals surface area contributed by atoms with Gasteiger partial charge in [-0.3, -0.25) is 15.0 Å². The molecule has 2 aromatic rings. The molecule has 2 heterocycles. The third-order valence-corrected chi connectivity index (χ3v) is 3.14. The number of hydrazine groups is 1. The molecule has 22 heavy (non-hydrogen) atoms. The van der Waals surface area contributed by atoms with E-state index in [9.17, 15) is 9.59 Å². The number of nitrogens with one attached hydrogen (secondary N) is 3. The van der Waals surface area contributed by atoms with Gasteiger partial charge in [0.15, 0.2) is 5.82 Å². The van der Waals surface area contributed by atoms with Crippen molar-refractivity contribution in [3.05, 3.63) is 35.9 Å². The largest absolute Gasteiger partial charge is 0.360 e. The van der Waals surface area contributed by atoms with E-state index < -0.39 is 6.04 Å². The molecule has 3 N–H and O–H groups in total. The molecule has 0 fully saturated rings. The Hall–Kier alpha value is -2.61. The Labute approximate surface area is 127 Å². The number of amides is 2. The van der Waals surface area contributed by atoms with Crippen molar-refractivity contribution in [3.63, 3.8) is 0 Å². The van der Waals surface area contributed by atoms with E-state index in [-0.39, 0.29) is 11.8 Å². The van der Waals surface area contributed by atoms with E-state index in [1.165, 1.54) is 0 Å². The lowest BCUT2D eigenvalue weighted by molar-refractivity contribution is -0.118. The molecule has 2 aromatic heterocycles. The van der Waals surface area contributed by atoms with E-state index >= 15 is 0 Å². The van der Waals surface area contributed by atoms with Crippen molar-refractivity contribution in [3.8, 4) is 0 Å². The first-order valence-corrected chi connectivity index (χ1v) is 6.92. The number of aromatic nitrogens is 2. The van der Waals surface area contributed by atoms with Crippen molar-refractivity contribution in [2.75, 3.05) is 5.32 Å². The highest BCUT2D eigenvalue weighted by atomic mass is 16.5. The zero-order chi connectivity index (χ0) is 16.1. The quantitative estimate of drug-likeness (QED) is 0.690. The maximum atomic E-state index is 12.1. The van der Waals surface area contributed by atoms with Crippen LogP contribution < -0.4 is 16.2 Å². The Morgan fingerprint density at radius 2 is 2.23 bits per heavy atom. The molecule has 0 saturated carbocycles. The molecule has 0 spiro atoms. The summed E-state index contributed by atoms with van der Waals surface area (Å²) < 4.78 is 6.57. The normalized spacial score (nSPS) is 12.0. The number of carbonyl (C=O) groups excluding carboxylic acids is 2. The van der Waals surface area contributed by atoms with Gasteiger partial charge in [0.2, 0.25) is 5.91 Å². The van der Waals surface area contributed by atoms with E-state index in [0.29, 0.717) is 23.7 Å². The van der Waals surface area contributed by atoms with E-state index in [4.69, 9.17) is 4.52 Å². The smallest absolute Gasteiger partial charge is 0.281 e. The predicted molar refractivity (Wildman–Crippen MR) is 80.0 cm³/mol. The zero-order valence-corrected chi connectivity index (χ0v) is 12.7. The van der Waals surface area contributed by atoms with Gasteiger partial charge in [0.25, 0.3) is 5.91 Å². The van der Waals surface area contributed by atoms with Gasteiger partial charge in [-0.05, 0) is 25.5 Å². The molecule has 0 aliphatic carbocycles. The number of anilines is 1. The molecule has 8 nitrogen and oxygen atoms in total. The summed E-state index contributed by atoms with van der Waals surface area (Å²) in [5.41, 5.74) is 5.76. The standard InChI is InChI=1S/C14H19N5O3/c1-4-10(13(20)15-12-8-9(2)22-18-12)16-17-14(21)11-6-5-7-19(11)3/h5-8,10,16H,4H2,1-3H3,(H,17,21)(H,15,18,20). The maximum absolute atomic E-state index is 12.1. The molecule has 0 saturated heterocycles. The molecule has 0 bridgehead atoms. The average Bonchev–Trinajstić information content (AvgIpc) is 3.08. The van der Waals surface area contributed by atoms with Crippen LogP contribution in [0.3, 0.4) is 0 Å². The summed E-state index contributed by atoms with van der Waals surface area (Å²) in [7, 11) is 1.77.